The normalized spacial score (nSPS) is 16.3. The maximum absolute atomic E-state index is 13.7. The lowest BCUT2D eigenvalue weighted by Crippen LogP contribution is -2.33. The molecular formula is C29H25N5O4. The SMILES string of the molecule is O=C(C[C@H]1C(=O)N(CCc2c[nH]c3ccccc23)c2nc3ccccc3n21)Nc1ccc2c(c1)OCCO2. The van der Waals surface area contributed by atoms with Gasteiger partial charge in [0.05, 0.1) is 17.5 Å². The van der Waals surface area contributed by atoms with E-state index in [2.05, 4.69) is 16.4 Å². The van der Waals surface area contributed by atoms with Crippen molar-refractivity contribution in [3.05, 3.63) is 78.5 Å². The van der Waals surface area contributed by atoms with Crippen LogP contribution in [0.1, 0.15) is 18.0 Å². The van der Waals surface area contributed by atoms with Gasteiger partial charge in [0, 0.05) is 35.4 Å². The molecule has 0 aliphatic carbocycles. The third kappa shape index (κ3) is 3.75. The molecule has 3 aromatic carbocycles. The first kappa shape index (κ1) is 22.4. The predicted molar refractivity (Wildman–Crippen MR) is 144 cm³/mol. The van der Waals surface area contributed by atoms with Gasteiger partial charge in [-0.25, -0.2) is 4.98 Å². The van der Waals surface area contributed by atoms with E-state index in [9.17, 15) is 9.59 Å². The van der Waals surface area contributed by atoms with E-state index in [1.54, 1.807) is 23.1 Å². The maximum atomic E-state index is 13.7. The largest absolute Gasteiger partial charge is 0.486 e. The zero-order valence-corrected chi connectivity index (χ0v) is 20.5. The molecule has 5 aromatic rings. The Morgan fingerprint density at radius 3 is 2.76 bits per heavy atom. The first-order valence-corrected chi connectivity index (χ1v) is 12.7. The van der Waals surface area contributed by atoms with Gasteiger partial charge in [0.15, 0.2) is 11.5 Å². The number of H-pyrrole nitrogens is 1. The number of benzene rings is 3. The molecular weight excluding hydrogens is 482 g/mol. The monoisotopic (exact) mass is 507 g/mol. The van der Waals surface area contributed by atoms with Gasteiger partial charge in [0.1, 0.15) is 19.3 Å². The lowest BCUT2D eigenvalue weighted by Gasteiger charge is -2.19. The lowest BCUT2D eigenvalue weighted by molar-refractivity contribution is -0.124. The molecule has 190 valence electrons. The number of carbonyl (C=O) groups excluding carboxylic acids is 2. The molecule has 9 nitrogen and oxygen atoms in total. The van der Waals surface area contributed by atoms with Crippen molar-refractivity contribution in [2.75, 3.05) is 30.0 Å². The van der Waals surface area contributed by atoms with Crippen LogP contribution < -0.4 is 19.7 Å². The summed E-state index contributed by atoms with van der Waals surface area (Å²) in [6.45, 7) is 1.43. The summed E-state index contributed by atoms with van der Waals surface area (Å²) in [5.74, 6) is 1.43. The summed E-state index contributed by atoms with van der Waals surface area (Å²) in [7, 11) is 0. The molecule has 0 fully saturated rings. The van der Waals surface area contributed by atoms with Gasteiger partial charge in [0.2, 0.25) is 11.9 Å². The van der Waals surface area contributed by atoms with E-state index in [1.807, 2.05) is 53.2 Å². The molecule has 7 rings (SSSR count). The molecule has 0 spiro atoms. The minimum Gasteiger partial charge on any atom is -0.486 e. The van der Waals surface area contributed by atoms with E-state index < -0.39 is 6.04 Å². The van der Waals surface area contributed by atoms with Gasteiger partial charge in [-0.1, -0.05) is 30.3 Å². The lowest BCUT2D eigenvalue weighted by atomic mass is 10.1. The third-order valence-corrected chi connectivity index (χ3v) is 7.17. The molecule has 4 heterocycles. The number of amides is 2. The smallest absolute Gasteiger partial charge is 0.253 e. The standard InChI is InChI=1S/C29H25N5O4/c35-27(31-19-9-10-25-26(15-19)38-14-13-37-25)16-24-28(36)33(29-32-22-7-3-4-8-23(22)34(24)29)12-11-18-17-30-21-6-2-1-5-20(18)21/h1-10,15,17,24,30H,11-14,16H2,(H,31,35)/t24-/m0/s1. The van der Waals surface area contributed by atoms with E-state index in [0.29, 0.717) is 49.3 Å². The number of nitrogens with zero attached hydrogens (tertiary/aromatic N) is 3. The quantitative estimate of drug-likeness (QED) is 0.354. The van der Waals surface area contributed by atoms with E-state index in [-0.39, 0.29) is 18.2 Å². The molecule has 2 N–H and O–H groups in total. The summed E-state index contributed by atoms with van der Waals surface area (Å²) in [6, 6.07) is 20.4. The number of carbonyl (C=O) groups is 2. The van der Waals surface area contributed by atoms with Gasteiger partial charge in [-0.15, -0.1) is 0 Å². The molecule has 9 heteroatoms. The molecule has 0 bridgehead atoms. The molecule has 0 unspecified atom stereocenters. The van der Waals surface area contributed by atoms with Crippen LogP contribution in [0.4, 0.5) is 11.6 Å². The zero-order valence-electron chi connectivity index (χ0n) is 20.5. The maximum Gasteiger partial charge on any atom is 0.253 e. The van der Waals surface area contributed by atoms with Crippen molar-refractivity contribution in [3.63, 3.8) is 0 Å². The van der Waals surface area contributed by atoms with Gasteiger partial charge < -0.3 is 19.8 Å². The highest BCUT2D eigenvalue weighted by Gasteiger charge is 2.40. The number of aromatic amines is 1. The molecule has 2 amide bonds. The van der Waals surface area contributed by atoms with Crippen LogP contribution in [0.3, 0.4) is 0 Å². The Morgan fingerprint density at radius 1 is 1.03 bits per heavy atom. The summed E-state index contributed by atoms with van der Waals surface area (Å²) < 4.78 is 13.1. The zero-order chi connectivity index (χ0) is 25.6. The number of nitrogens with one attached hydrogen (secondary N) is 2. The Labute approximate surface area is 218 Å². The Bertz CT molecular complexity index is 1700. The molecule has 2 aliphatic heterocycles. The van der Waals surface area contributed by atoms with E-state index >= 15 is 0 Å². The van der Waals surface area contributed by atoms with Crippen molar-refractivity contribution >= 4 is 45.4 Å². The van der Waals surface area contributed by atoms with Crippen LogP contribution in [-0.2, 0) is 16.0 Å². The predicted octanol–water partition coefficient (Wildman–Crippen LogP) is 4.45. The number of anilines is 2. The molecule has 0 radical (unpaired) electrons. The molecule has 0 saturated heterocycles. The van der Waals surface area contributed by atoms with Crippen molar-refractivity contribution in [1.29, 1.82) is 0 Å². The van der Waals surface area contributed by atoms with Crippen molar-refractivity contribution in [2.24, 2.45) is 0 Å². The highest BCUT2D eigenvalue weighted by Crippen LogP contribution is 2.37. The third-order valence-electron chi connectivity index (χ3n) is 7.17. The number of fused-ring (bicyclic) bond motifs is 5. The second kappa shape index (κ2) is 8.95. The fourth-order valence-corrected chi connectivity index (χ4v) is 5.39. The summed E-state index contributed by atoms with van der Waals surface area (Å²) in [6.07, 6.45) is 2.64. The summed E-state index contributed by atoms with van der Waals surface area (Å²) in [4.78, 5) is 36.7. The van der Waals surface area contributed by atoms with E-state index in [1.165, 1.54) is 0 Å². The van der Waals surface area contributed by atoms with Gasteiger partial charge in [-0.05, 0) is 42.3 Å². The summed E-state index contributed by atoms with van der Waals surface area (Å²) in [5, 5.41) is 4.06. The van der Waals surface area contributed by atoms with Crippen molar-refractivity contribution in [2.45, 2.75) is 18.9 Å². The van der Waals surface area contributed by atoms with Crippen LogP contribution in [0.25, 0.3) is 21.9 Å². The molecule has 0 saturated carbocycles. The number of ether oxygens (including phenoxy) is 2. The summed E-state index contributed by atoms with van der Waals surface area (Å²) in [5.41, 5.74) is 4.43. The molecule has 1 atom stereocenters. The van der Waals surface area contributed by atoms with Crippen LogP contribution in [-0.4, -0.2) is 46.1 Å². The number of hydrogen-bond donors (Lipinski definition) is 2. The summed E-state index contributed by atoms with van der Waals surface area (Å²) >= 11 is 0. The minimum atomic E-state index is -0.683. The van der Waals surface area contributed by atoms with Crippen molar-refractivity contribution in [3.8, 4) is 11.5 Å². The Hall–Kier alpha value is -4.79. The Morgan fingerprint density at radius 2 is 1.84 bits per heavy atom. The molecule has 38 heavy (non-hydrogen) atoms. The van der Waals surface area contributed by atoms with Crippen molar-refractivity contribution < 1.29 is 19.1 Å². The Kier molecular flexibility index (Phi) is 5.28. The number of hydrogen-bond acceptors (Lipinski definition) is 5. The number of rotatable bonds is 6. The highest BCUT2D eigenvalue weighted by molar-refractivity contribution is 6.05. The second-order valence-corrected chi connectivity index (χ2v) is 9.50. The van der Waals surface area contributed by atoms with Gasteiger partial charge in [-0.3, -0.25) is 19.1 Å². The minimum absolute atomic E-state index is 0.00971. The first-order valence-electron chi connectivity index (χ1n) is 12.7. The number of imidazole rings is 1. The average molecular weight is 508 g/mol. The topological polar surface area (TPSA) is 101 Å². The van der Waals surface area contributed by atoms with E-state index in [4.69, 9.17) is 14.5 Å². The average Bonchev–Trinajstić information content (AvgIpc) is 3.60. The van der Waals surface area contributed by atoms with Gasteiger partial charge in [-0.2, -0.15) is 0 Å². The second-order valence-electron chi connectivity index (χ2n) is 9.50. The fraction of sp³-hybridized carbons (Fsp3) is 0.207. The molecule has 2 aromatic heterocycles. The van der Waals surface area contributed by atoms with Crippen LogP contribution in [0.2, 0.25) is 0 Å². The first-order chi connectivity index (χ1) is 18.7. The van der Waals surface area contributed by atoms with Gasteiger partial charge in [0.25, 0.3) is 5.91 Å². The Balaban J connectivity index is 1.15. The van der Waals surface area contributed by atoms with Crippen molar-refractivity contribution in [1.82, 2.24) is 14.5 Å². The van der Waals surface area contributed by atoms with E-state index in [0.717, 1.165) is 27.5 Å². The van der Waals surface area contributed by atoms with Crippen LogP contribution in [0.5, 0.6) is 11.5 Å². The fourth-order valence-electron chi connectivity index (χ4n) is 5.39. The van der Waals surface area contributed by atoms with Crippen LogP contribution in [0, 0.1) is 0 Å². The highest BCUT2D eigenvalue weighted by atomic mass is 16.6. The molecule has 2 aliphatic rings. The van der Waals surface area contributed by atoms with Crippen LogP contribution >= 0.6 is 0 Å². The number of para-hydroxylation sites is 3. The van der Waals surface area contributed by atoms with Crippen LogP contribution in [0.15, 0.2) is 72.9 Å². The number of aromatic nitrogens is 3. The van der Waals surface area contributed by atoms with Gasteiger partial charge >= 0.3 is 0 Å².